The summed E-state index contributed by atoms with van der Waals surface area (Å²) in [5.41, 5.74) is 3.44. The minimum atomic E-state index is -3.48. The van der Waals surface area contributed by atoms with Crippen LogP contribution in [0.2, 0.25) is 5.02 Å². The van der Waals surface area contributed by atoms with Crippen LogP contribution in [0.3, 0.4) is 0 Å². The minimum absolute atomic E-state index is 0.0310. The maximum atomic E-state index is 14.4. The number of nitrogens with zero attached hydrogens (tertiary/aromatic N) is 2. The van der Waals surface area contributed by atoms with Gasteiger partial charge in [0.05, 0.1) is 24.2 Å². The van der Waals surface area contributed by atoms with E-state index in [1.54, 1.807) is 20.3 Å². The molecule has 0 aromatic heterocycles. The molecule has 10 nitrogen and oxygen atoms in total. The van der Waals surface area contributed by atoms with Gasteiger partial charge in [-0.25, -0.2) is 9.00 Å². The molecule has 0 unspecified atom stereocenters. The molecular weight excluding hydrogens is 688 g/mol. The number of fused-ring (bicyclic) bond motifs is 4. The Labute approximate surface area is 307 Å². The van der Waals surface area contributed by atoms with Crippen LogP contribution in [0, 0.1) is 23.7 Å². The lowest BCUT2D eigenvalue weighted by Crippen LogP contribution is -2.51. The number of urea groups is 1. The summed E-state index contributed by atoms with van der Waals surface area (Å²) in [7, 11) is -0.0407. The number of carbonyl (C=O) groups is 2. The molecule has 3 aliphatic carbocycles. The Morgan fingerprint density at radius 1 is 1.18 bits per heavy atom. The van der Waals surface area contributed by atoms with Crippen molar-refractivity contribution in [2.45, 2.75) is 75.9 Å². The van der Waals surface area contributed by atoms with Gasteiger partial charge >= 0.3 is 6.03 Å². The summed E-state index contributed by atoms with van der Waals surface area (Å²) in [6.07, 6.45) is 11.5. The zero-order valence-corrected chi connectivity index (χ0v) is 31.5. The van der Waals surface area contributed by atoms with E-state index < -0.39 is 21.9 Å². The van der Waals surface area contributed by atoms with E-state index in [-0.39, 0.29) is 29.2 Å². The van der Waals surface area contributed by atoms with E-state index in [1.165, 1.54) is 11.1 Å². The first-order valence-corrected chi connectivity index (χ1v) is 20.5. The van der Waals surface area contributed by atoms with Gasteiger partial charge in [0.2, 0.25) is 0 Å². The Balaban J connectivity index is 1.24. The third kappa shape index (κ3) is 7.82. The van der Waals surface area contributed by atoms with Gasteiger partial charge in [-0.2, -0.15) is 0 Å². The summed E-state index contributed by atoms with van der Waals surface area (Å²) in [6.45, 7) is 4.63. The van der Waals surface area contributed by atoms with E-state index in [4.69, 9.17) is 25.8 Å². The largest absolute Gasteiger partial charge is 0.490 e. The van der Waals surface area contributed by atoms with Gasteiger partial charge in [0.1, 0.15) is 15.7 Å². The molecule has 0 radical (unpaired) electrons. The molecule has 51 heavy (non-hydrogen) atoms. The molecule has 1 spiro atoms. The van der Waals surface area contributed by atoms with Crippen LogP contribution >= 0.6 is 11.6 Å². The van der Waals surface area contributed by atoms with Crippen LogP contribution in [-0.2, 0) is 31.2 Å². The molecule has 6 atom stereocenters. The molecule has 2 fully saturated rings. The Morgan fingerprint density at radius 3 is 2.78 bits per heavy atom. The van der Waals surface area contributed by atoms with E-state index in [1.807, 2.05) is 25.1 Å². The van der Waals surface area contributed by atoms with Crippen molar-refractivity contribution >= 4 is 39.1 Å². The molecule has 2 aromatic carbocycles. The molecule has 2 aliphatic heterocycles. The summed E-state index contributed by atoms with van der Waals surface area (Å²) in [5, 5.41) is 3.66. The van der Waals surface area contributed by atoms with Gasteiger partial charge in [-0.1, -0.05) is 36.7 Å². The Bertz CT molecular complexity index is 1790. The smallest absolute Gasteiger partial charge is 0.327 e. The standard InChI is InChI=1S/C39H51ClN4O6S/c1-25-6-4-8-35(49-3)32-12-9-29(32)20-44-23-39(15-5-7-27-18-30(40)11-13-33(27)39)24-50-36-14-10-28(19-34(36)44)37(45)42-51(47,22-25)43-38(46)41-31-16-26(17-31)21-48-2/h4,8,10-11,13-14,18-19,25-26,29,31-32,35H,5-7,9,12,15-17,20-24H2,1-3H3,(H2,41,42,43,45,46,47)/b8-4+/t25-,26-,29-,31-,32+,35-,39-,51-/m0/s1. The van der Waals surface area contributed by atoms with Gasteiger partial charge < -0.3 is 24.4 Å². The van der Waals surface area contributed by atoms with Crippen LogP contribution in [0.1, 0.15) is 73.4 Å². The molecule has 3 amide bonds. The molecule has 2 heterocycles. The lowest BCUT2D eigenvalue weighted by atomic mass is 9.68. The number of methoxy groups -OCH3 is 2. The van der Waals surface area contributed by atoms with Crippen LogP contribution < -0.4 is 19.7 Å². The Morgan fingerprint density at radius 2 is 2.02 bits per heavy atom. The third-order valence-electron chi connectivity index (χ3n) is 11.7. The highest BCUT2D eigenvalue weighted by molar-refractivity contribution is 7.92. The number of carbonyl (C=O) groups excluding carboxylic acids is 2. The second-order valence-corrected chi connectivity index (χ2v) is 18.0. The zero-order chi connectivity index (χ0) is 35.8. The number of rotatable bonds is 5. The van der Waals surface area contributed by atoms with Crippen molar-refractivity contribution in [3.63, 3.8) is 0 Å². The van der Waals surface area contributed by atoms with Crippen LogP contribution in [0.25, 0.3) is 0 Å². The summed E-state index contributed by atoms with van der Waals surface area (Å²) in [6, 6.07) is 11.0. The van der Waals surface area contributed by atoms with Crippen molar-refractivity contribution in [1.29, 1.82) is 0 Å². The highest BCUT2D eigenvalue weighted by Gasteiger charge is 2.44. The predicted molar refractivity (Wildman–Crippen MR) is 200 cm³/mol. The SMILES string of the molecule is COC[C@H]1C[C@H](NC(=O)N[S@@]2(=O)=NC(=O)c3ccc4c(c3)N(C[C@@H]3CC[C@H]3[C@@H](OC)/C=C/C[C@H](C)C2)C[C@@]2(CCCc3cc(Cl)ccc32)CO4)C1. The van der Waals surface area contributed by atoms with Crippen molar-refractivity contribution in [3.8, 4) is 5.75 Å². The normalized spacial score (nSPS) is 34.0. The number of aryl methyl sites for hydroxylation is 1. The summed E-state index contributed by atoms with van der Waals surface area (Å²) < 4.78 is 39.3. The van der Waals surface area contributed by atoms with Crippen LogP contribution in [0.4, 0.5) is 10.5 Å². The molecule has 0 saturated heterocycles. The summed E-state index contributed by atoms with van der Waals surface area (Å²) in [5.74, 6) is 1.13. The minimum Gasteiger partial charge on any atom is -0.490 e. The number of halogens is 1. The van der Waals surface area contributed by atoms with Crippen LogP contribution in [-0.4, -0.2) is 74.6 Å². The fraction of sp³-hybridized carbons (Fsp3) is 0.590. The number of benzene rings is 2. The topological polar surface area (TPSA) is 119 Å². The lowest BCUT2D eigenvalue weighted by Gasteiger charge is -2.46. The second-order valence-electron chi connectivity index (χ2n) is 15.5. The fourth-order valence-corrected chi connectivity index (χ4v) is 11.0. The van der Waals surface area contributed by atoms with Gasteiger partial charge in [-0.15, -0.1) is 4.36 Å². The van der Waals surface area contributed by atoms with Gasteiger partial charge in [-0.3, -0.25) is 9.52 Å². The monoisotopic (exact) mass is 738 g/mol. The van der Waals surface area contributed by atoms with E-state index in [2.05, 4.69) is 43.6 Å². The van der Waals surface area contributed by atoms with Crippen molar-refractivity contribution in [1.82, 2.24) is 10.0 Å². The van der Waals surface area contributed by atoms with Crippen LogP contribution in [0.15, 0.2) is 52.9 Å². The van der Waals surface area contributed by atoms with Crippen LogP contribution in [0.5, 0.6) is 5.75 Å². The Hall–Kier alpha value is -3.12. The quantitative estimate of drug-likeness (QED) is 0.328. The number of ether oxygens (including phenoxy) is 3. The fourth-order valence-electron chi connectivity index (χ4n) is 8.95. The molecule has 7 rings (SSSR count). The molecule has 2 aromatic rings. The maximum absolute atomic E-state index is 14.4. The number of hydrogen-bond donors (Lipinski definition) is 2. The molecule has 12 heteroatoms. The van der Waals surface area contributed by atoms with E-state index >= 15 is 0 Å². The first-order valence-electron chi connectivity index (χ1n) is 18.4. The molecule has 2 saturated carbocycles. The van der Waals surface area contributed by atoms with Crippen molar-refractivity contribution < 1.29 is 28.0 Å². The van der Waals surface area contributed by atoms with Crippen molar-refractivity contribution in [2.75, 3.05) is 51.2 Å². The van der Waals surface area contributed by atoms with Gasteiger partial charge in [-0.05, 0) is 116 Å². The van der Waals surface area contributed by atoms with Gasteiger partial charge in [0.15, 0.2) is 0 Å². The number of anilines is 1. The predicted octanol–water partition coefficient (Wildman–Crippen LogP) is 6.70. The average Bonchev–Trinajstić information content (AvgIpc) is 3.21. The molecule has 5 aliphatic rings. The second kappa shape index (κ2) is 15.1. The first kappa shape index (κ1) is 36.2. The summed E-state index contributed by atoms with van der Waals surface area (Å²) in [4.78, 5) is 29.5. The van der Waals surface area contributed by atoms with Crippen molar-refractivity contribution in [3.05, 3.63) is 70.3 Å². The highest BCUT2D eigenvalue weighted by atomic mass is 35.5. The number of amides is 3. The molecule has 2 bridgehead atoms. The first-order chi connectivity index (χ1) is 24.6. The third-order valence-corrected chi connectivity index (χ3v) is 14.0. The average molecular weight is 739 g/mol. The van der Waals surface area contributed by atoms with Crippen molar-refractivity contribution in [2.24, 2.45) is 28.0 Å². The maximum Gasteiger partial charge on any atom is 0.327 e. The zero-order valence-electron chi connectivity index (χ0n) is 29.9. The van der Waals surface area contributed by atoms with E-state index in [0.717, 1.165) is 68.7 Å². The molecular formula is C39H51ClN4O6S. The molecule has 276 valence electrons. The van der Waals surface area contributed by atoms with E-state index in [9.17, 15) is 13.8 Å². The number of allylic oxidation sites excluding steroid dienone is 1. The Kier molecular flexibility index (Phi) is 10.7. The highest BCUT2D eigenvalue weighted by Crippen LogP contribution is 2.47. The lowest BCUT2D eigenvalue weighted by molar-refractivity contribution is 0.0131. The number of nitrogens with one attached hydrogen (secondary N) is 2. The van der Waals surface area contributed by atoms with E-state index in [0.29, 0.717) is 48.7 Å². The number of hydrogen-bond acceptors (Lipinski definition) is 7. The van der Waals surface area contributed by atoms with Gasteiger partial charge in [0, 0.05) is 56.0 Å². The molecule has 2 N–H and O–H groups in total. The van der Waals surface area contributed by atoms with Gasteiger partial charge in [0.25, 0.3) is 5.91 Å². The summed E-state index contributed by atoms with van der Waals surface area (Å²) >= 11 is 6.46.